The average molecular weight is 360 g/mol. The summed E-state index contributed by atoms with van der Waals surface area (Å²) in [5.74, 6) is 0.667. The monoisotopic (exact) mass is 359 g/mol. The molecule has 1 amide bonds. The third kappa shape index (κ3) is 2.61. The summed E-state index contributed by atoms with van der Waals surface area (Å²) in [6.07, 6.45) is 0.257. The topological polar surface area (TPSA) is 92.6 Å². The highest BCUT2D eigenvalue weighted by Gasteiger charge is 2.48. The molecule has 1 saturated heterocycles. The summed E-state index contributed by atoms with van der Waals surface area (Å²) in [6, 6.07) is 10.2. The summed E-state index contributed by atoms with van der Waals surface area (Å²) in [5.41, 5.74) is -0.697. The minimum absolute atomic E-state index is 0.107. The molecule has 0 aromatic carbocycles. The Kier molecular flexibility index (Phi) is 3.63. The lowest BCUT2D eigenvalue weighted by Gasteiger charge is -2.16. The Morgan fingerprint density at radius 3 is 2.68 bits per heavy atom. The quantitative estimate of drug-likeness (QED) is 0.723. The van der Waals surface area contributed by atoms with E-state index in [-0.39, 0.29) is 12.2 Å². The first-order valence-electron chi connectivity index (χ1n) is 7.66. The van der Waals surface area contributed by atoms with Gasteiger partial charge in [-0.1, -0.05) is 22.8 Å². The summed E-state index contributed by atoms with van der Waals surface area (Å²) in [7, 11) is 1.63. The van der Waals surface area contributed by atoms with Crippen LogP contribution < -0.4 is 0 Å². The Balaban J connectivity index is 1.64. The van der Waals surface area contributed by atoms with Gasteiger partial charge in [0.2, 0.25) is 5.60 Å². The van der Waals surface area contributed by atoms with Crippen LogP contribution >= 0.6 is 11.6 Å². The molecule has 1 fully saturated rings. The van der Waals surface area contributed by atoms with E-state index in [0.29, 0.717) is 34.6 Å². The van der Waals surface area contributed by atoms with Crippen LogP contribution in [0.4, 0.5) is 0 Å². The number of pyridine rings is 1. The fourth-order valence-electron chi connectivity index (χ4n) is 2.83. The van der Waals surface area contributed by atoms with Crippen LogP contribution in [-0.4, -0.2) is 39.6 Å². The first-order valence-corrected chi connectivity index (χ1v) is 8.03. The maximum atomic E-state index is 12.1. The van der Waals surface area contributed by atoms with E-state index in [9.17, 15) is 9.90 Å². The Morgan fingerprint density at radius 2 is 2.00 bits per heavy atom. The molecule has 0 spiro atoms. The predicted molar refractivity (Wildman–Crippen MR) is 88.6 cm³/mol. The average Bonchev–Trinajstić information content (AvgIpc) is 3.31. The van der Waals surface area contributed by atoms with Gasteiger partial charge in [-0.3, -0.25) is 4.79 Å². The van der Waals surface area contributed by atoms with Crippen molar-refractivity contribution in [3.63, 3.8) is 0 Å². The zero-order valence-electron chi connectivity index (χ0n) is 13.3. The van der Waals surface area contributed by atoms with Crippen LogP contribution in [0.1, 0.15) is 12.2 Å². The van der Waals surface area contributed by atoms with Crippen LogP contribution in [0.2, 0.25) is 5.15 Å². The largest absolute Gasteiger partial charge is 0.453 e. The standard InChI is InChI=1S/C17H14ClN3O4/c1-21-8-7-17(23,16(21)22)14-9-11(20-25-14)13-6-5-12(24-13)10-3-2-4-15(18)19-10/h2-6,9,23H,7-8H2,1H3/t17-/m0/s1. The lowest BCUT2D eigenvalue weighted by molar-refractivity contribution is -0.144. The highest BCUT2D eigenvalue weighted by Crippen LogP contribution is 2.35. The van der Waals surface area contributed by atoms with E-state index in [1.165, 1.54) is 11.0 Å². The van der Waals surface area contributed by atoms with Gasteiger partial charge in [-0.25, -0.2) is 4.98 Å². The molecule has 0 aliphatic carbocycles. The number of likely N-dealkylation sites (tertiary alicyclic amines) is 1. The summed E-state index contributed by atoms with van der Waals surface area (Å²) >= 11 is 5.89. The lowest BCUT2D eigenvalue weighted by Crippen LogP contribution is -2.35. The van der Waals surface area contributed by atoms with E-state index in [0.717, 1.165) is 0 Å². The molecule has 8 heteroatoms. The normalized spacial score (nSPS) is 20.4. The Morgan fingerprint density at radius 1 is 1.24 bits per heavy atom. The van der Waals surface area contributed by atoms with Crippen molar-refractivity contribution in [3.05, 3.63) is 47.3 Å². The molecule has 0 radical (unpaired) electrons. The van der Waals surface area contributed by atoms with Gasteiger partial charge in [0.25, 0.3) is 5.91 Å². The molecule has 25 heavy (non-hydrogen) atoms. The molecule has 0 saturated carbocycles. The molecule has 4 heterocycles. The number of aromatic nitrogens is 2. The molecule has 1 aliphatic heterocycles. The van der Waals surface area contributed by atoms with Crippen LogP contribution in [0.25, 0.3) is 22.9 Å². The van der Waals surface area contributed by atoms with Gasteiger partial charge in [0.1, 0.15) is 16.5 Å². The predicted octanol–water partition coefficient (Wildman–Crippen LogP) is 2.70. The van der Waals surface area contributed by atoms with Crippen molar-refractivity contribution in [3.8, 4) is 22.9 Å². The third-order valence-electron chi connectivity index (χ3n) is 4.25. The van der Waals surface area contributed by atoms with E-state index >= 15 is 0 Å². The molecule has 128 valence electrons. The molecule has 0 unspecified atom stereocenters. The van der Waals surface area contributed by atoms with E-state index in [1.807, 2.05) is 0 Å². The van der Waals surface area contributed by atoms with Gasteiger partial charge in [0, 0.05) is 26.1 Å². The smallest absolute Gasteiger partial charge is 0.262 e. The second kappa shape index (κ2) is 5.72. The first-order chi connectivity index (χ1) is 12.0. The number of likely N-dealkylation sites (N-methyl/N-ethyl adjacent to an activating group) is 1. The molecule has 3 aromatic heterocycles. The number of halogens is 1. The summed E-state index contributed by atoms with van der Waals surface area (Å²) in [6.45, 7) is 0.455. The van der Waals surface area contributed by atoms with Gasteiger partial charge < -0.3 is 18.9 Å². The van der Waals surface area contributed by atoms with E-state index in [4.69, 9.17) is 20.5 Å². The number of furan rings is 1. The number of carbonyl (C=O) groups excluding carboxylic acids is 1. The lowest BCUT2D eigenvalue weighted by atomic mass is 9.99. The number of hydrogen-bond donors (Lipinski definition) is 1. The summed E-state index contributed by atoms with van der Waals surface area (Å²) in [4.78, 5) is 17.8. The van der Waals surface area contributed by atoms with Crippen LogP contribution in [0.15, 0.2) is 45.3 Å². The fraction of sp³-hybridized carbons (Fsp3) is 0.235. The fourth-order valence-corrected chi connectivity index (χ4v) is 2.99. The van der Waals surface area contributed by atoms with Crippen molar-refractivity contribution in [1.29, 1.82) is 0 Å². The second-order valence-electron chi connectivity index (χ2n) is 5.92. The van der Waals surface area contributed by atoms with Crippen molar-refractivity contribution >= 4 is 17.5 Å². The highest BCUT2D eigenvalue weighted by molar-refractivity contribution is 6.29. The number of aliphatic hydroxyl groups is 1. The van der Waals surface area contributed by atoms with E-state index in [1.54, 1.807) is 37.4 Å². The Hall–Kier alpha value is -2.64. The molecule has 3 aromatic rings. The molecule has 1 atom stereocenters. The number of rotatable bonds is 3. The van der Waals surface area contributed by atoms with Gasteiger partial charge in [-0.2, -0.15) is 0 Å². The van der Waals surface area contributed by atoms with Gasteiger partial charge in [0.05, 0.1) is 0 Å². The van der Waals surface area contributed by atoms with Crippen LogP contribution in [-0.2, 0) is 10.4 Å². The van der Waals surface area contributed by atoms with Gasteiger partial charge in [-0.15, -0.1) is 0 Å². The van der Waals surface area contributed by atoms with Crippen LogP contribution in [0.5, 0.6) is 0 Å². The van der Waals surface area contributed by atoms with E-state index in [2.05, 4.69) is 10.1 Å². The number of nitrogens with zero attached hydrogens (tertiary/aromatic N) is 3. The second-order valence-corrected chi connectivity index (χ2v) is 6.31. The maximum absolute atomic E-state index is 12.1. The Bertz CT molecular complexity index is 951. The maximum Gasteiger partial charge on any atom is 0.262 e. The Labute approximate surface area is 147 Å². The highest BCUT2D eigenvalue weighted by atomic mass is 35.5. The molecular formula is C17H14ClN3O4. The van der Waals surface area contributed by atoms with Crippen LogP contribution in [0.3, 0.4) is 0 Å². The first kappa shape index (κ1) is 15.9. The van der Waals surface area contributed by atoms with Crippen molar-refractivity contribution in [1.82, 2.24) is 15.0 Å². The zero-order chi connectivity index (χ0) is 17.6. The minimum Gasteiger partial charge on any atom is -0.453 e. The number of hydrogen-bond acceptors (Lipinski definition) is 6. The summed E-state index contributed by atoms with van der Waals surface area (Å²) < 4.78 is 11.0. The van der Waals surface area contributed by atoms with Crippen molar-refractivity contribution in [2.24, 2.45) is 0 Å². The van der Waals surface area contributed by atoms with Gasteiger partial charge >= 0.3 is 0 Å². The number of carbonyl (C=O) groups is 1. The SMILES string of the molecule is CN1CC[C@](O)(c2cc(-c3ccc(-c4cccc(Cl)n4)o3)no2)C1=O. The molecule has 1 N–H and O–H groups in total. The third-order valence-corrected chi connectivity index (χ3v) is 4.46. The molecular weight excluding hydrogens is 346 g/mol. The minimum atomic E-state index is -1.68. The van der Waals surface area contributed by atoms with Gasteiger partial charge in [-0.05, 0) is 24.3 Å². The van der Waals surface area contributed by atoms with Crippen molar-refractivity contribution < 1.29 is 18.8 Å². The summed E-state index contributed by atoms with van der Waals surface area (Å²) in [5, 5.41) is 14.9. The molecule has 4 rings (SSSR count). The van der Waals surface area contributed by atoms with Gasteiger partial charge in [0.15, 0.2) is 17.3 Å². The van der Waals surface area contributed by atoms with Crippen molar-refractivity contribution in [2.45, 2.75) is 12.0 Å². The van der Waals surface area contributed by atoms with E-state index < -0.39 is 11.5 Å². The molecule has 1 aliphatic rings. The number of amides is 1. The molecule has 7 nitrogen and oxygen atoms in total. The molecule has 0 bridgehead atoms. The van der Waals surface area contributed by atoms with Crippen LogP contribution in [0, 0.1) is 0 Å². The zero-order valence-corrected chi connectivity index (χ0v) is 14.0. The van der Waals surface area contributed by atoms with Crippen molar-refractivity contribution in [2.75, 3.05) is 13.6 Å².